The van der Waals surface area contributed by atoms with Crippen LogP contribution in [0.1, 0.15) is 19.4 Å². The fourth-order valence-corrected chi connectivity index (χ4v) is 1.59. The Morgan fingerprint density at radius 1 is 1.19 bits per heavy atom. The second kappa shape index (κ2) is 5.59. The zero-order chi connectivity index (χ0) is 12.2. The molecule has 0 radical (unpaired) electrons. The number of thioether (sulfide) groups is 1. The molecule has 0 atom stereocenters. The van der Waals surface area contributed by atoms with E-state index >= 15 is 0 Å². The maximum absolute atomic E-state index is 12.0. The topological polar surface area (TPSA) is 9.23 Å². The van der Waals surface area contributed by atoms with Gasteiger partial charge in [0, 0.05) is 4.90 Å². The van der Waals surface area contributed by atoms with Gasteiger partial charge in [-0.1, -0.05) is 12.1 Å². The third-order valence-electron chi connectivity index (χ3n) is 1.74. The monoisotopic (exact) mass is 250 g/mol. The maximum atomic E-state index is 12.0. The van der Waals surface area contributed by atoms with E-state index in [1.165, 1.54) is 12.1 Å². The van der Waals surface area contributed by atoms with Gasteiger partial charge in [-0.3, -0.25) is 0 Å². The number of rotatable bonds is 4. The molecular formula is C11H13F3OS. The molecule has 0 unspecified atom stereocenters. The number of hydrogen-bond donors (Lipinski definition) is 0. The predicted molar refractivity (Wildman–Crippen MR) is 58.3 cm³/mol. The summed E-state index contributed by atoms with van der Waals surface area (Å²) < 4.78 is 41.4. The number of ether oxygens (including phenoxy) is 1. The summed E-state index contributed by atoms with van der Waals surface area (Å²) in [5.41, 5.74) is -3.35. The van der Waals surface area contributed by atoms with Crippen LogP contribution >= 0.6 is 11.8 Å². The fourth-order valence-electron chi connectivity index (χ4n) is 1.05. The Hall–Kier alpha value is -0.680. The molecular weight excluding hydrogens is 237 g/mol. The fraction of sp³-hybridized carbons (Fsp3) is 0.455. The van der Waals surface area contributed by atoms with Crippen molar-refractivity contribution in [3.8, 4) is 0 Å². The molecule has 0 amide bonds. The minimum atomic E-state index is -4.23. The molecule has 90 valence electrons. The minimum Gasteiger partial charge on any atom is -0.374 e. The summed E-state index contributed by atoms with van der Waals surface area (Å²) in [5, 5.41) is 0. The lowest BCUT2D eigenvalue weighted by Crippen LogP contribution is -2.02. The van der Waals surface area contributed by atoms with Crippen molar-refractivity contribution in [2.45, 2.75) is 37.0 Å². The van der Waals surface area contributed by atoms with Gasteiger partial charge in [0.05, 0.1) is 12.7 Å². The lowest BCUT2D eigenvalue weighted by atomic mass is 10.2. The van der Waals surface area contributed by atoms with E-state index in [1.54, 1.807) is 12.1 Å². The molecule has 0 aromatic heterocycles. The lowest BCUT2D eigenvalue weighted by Gasteiger charge is -2.09. The van der Waals surface area contributed by atoms with E-state index < -0.39 is 5.51 Å². The summed E-state index contributed by atoms with van der Waals surface area (Å²) in [5.74, 6) is 0. The molecule has 1 aromatic carbocycles. The van der Waals surface area contributed by atoms with Gasteiger partial charge in [0.1, 0.15) is 0 Å². The number of benzene rings is 1. The van der Waals surface area contributed by atoms with Crippen molar-refractivity contribution in [3.05, 3.63) is 29.8 Å². The molecule has 1 rings (SSSR count). The van der Waals surface area contributed by atoms with Crippen LogP contribution in [0.4, 0.5) is 13.2 Å². The van der Waals surface area contributed by atoms with E-state index in [4.69, 9.17) is 4.74 Å². The summed E-state index contributed by atoms with van der Waals surface area (Å²) in [6, 6.07) is 6.21. The molecule has 0 fully saturated rings. The largest absolute Gasteiger partial charge is 0.446 e. The highest BCUT2D eigenvalue weighted by molar-refractivity contribution is 8.00. The predicted octanol–water partition coefficient (Wildman–Crippen LogP) is 4.22. The van der Waals surface area contributed by atoms with Gasteiger partial charge < -0.3 is 4.74 Å². The van der Waals surface area contributed by atoms with Crippen LogP contribution in [0, 0.1) is 0 Å². The average molecular weight is 250 g/mol. The Labute approximate surface area is 97.0 Å². The third kappa shape index (κ3) is 5.42. The van der Waals surface area contributed by atoms with Crippen molar-refractivity contribution in [2.75, 3.05) is 0 Å². The van der Waals surface area contributed by atoms with Crippen LogP contribution in [-0.4, -0.2) is 11.6 Å². The van der Waals surface area contributed by atoms with Gasteiger partial charge in [-0.05, 0) is 43.3 Å². The first kappa shape index (κ1) is 13.4. The van der Waals surface area contributed by atoms with Crippen molar-refractivity contribution in [3.63, 3.8) is 0 Å². The Morgan fingerprint density at radius 2 is 1.75 bits per heavy atom. The van der Waals surface area contributed by atoms with E-state index in [0.717, 1.165) is 5.56 Å². The van der Waals surface area contributed by atoms with Gasteiger partial charge in [-0.25, -0.2) is 0 Å². The summed E-state index contributed by atoms with van der Waals surface area (Å²) in [6.07, 6.45) is 0.115. The summed E-state index contributed by atoms with van der Waals surface area (Å²) in [4.78, 5) is 0.195. The van der Waals surface area contributed by atoms with Crippen LogP contribution in [-0.2, 0) is 11.3 Å². The number of halogens is 3. The Balaban J connectivity index is 2.54. The number of alkyl halides is 3. The minimum absolute atomic E-state index is 0.107. The van der Waals surface area contributed by atoms with Crippen LogP contribution in [0.25, 0.3) is 0 Å². The van der Waals surface area contributed by atoms with Crippen molar-refractivity contribution < 1.29 is 17.9 Å². The molecule has 5 heteroatoms. The average Bonchev–Trinajstić information content (AvgIpc) is 2.14. The van der Waals surface area contributed by atoms with Crippen molar-refractivity contribution >= 4 is 11.8 Å². The van der Waals surface area contributed by atoms with Crippen LogP contribution < -0.4 is 0 Å². The van der Waals surface area contributed by atoms with Gasteiger partial charge in [0.25, 0.3) is 0 Å². The Kier molecular flexibility index (Phi) is 4.68. The molecule has 0 saturated heterocycles. The van der Waals surface area contributed by atoms with Crippen molar-refractivity contribution in [2.24, 2.45) is 0 Å². The first-order chi connectivity index (χ1) is 7.37. The van der Waals surface area contributed by atoms with Gasteiger partial charge in [0.2, 0.25) is 0 Å². The van der Waals surface area contributed by atoms with Crippen LogP contribution in [0.15, 0.2) is 29.2 Å². The maximum Gasteiger partial charge on any atom is 0.446 e. The first-order valence-corrected chi connectivity index (χ1v) is 5.65. The normalized spacial score (nSPS) is 12.1. The molecule has 0 aliphatic rings. The highest BCUT2D eigenvalue weighted by Crippen LogP contribution is 2.36. The molecule has 1 nitrogen and oxygen atoms in total. The van der Waals surface area contributed by atoms with Gasteiger partial charge in [-0.15, -0.1) is 0 Å². The van der Waals surface area contributed by atoms with E-state index in [9.17, 15) is 13.2 Å². The SMILES string of the molecule is CC(C)OCc1ccc(SC(F)(F)F)cc1. The molecule has 1 aromatic rings. The summed E-state index contributed by atoms with van der Waals surface area (Å²) in [6.45, 7) is 4.25. The third-order valence-corrected chi connectivity index (χ3v) is 2.48. The zero-order valence-electron chi connectivity index (χ0n) is 9.04. The van der Waals surface area contributed by atoms with Crippen LogP contribution in [0.2, 0.25) is 0 Å². The van der Waals surface area contributed by atoms with E-state index in [2.05, 4.69) is 0 Å². The molecule has 0 aliphatic heterocycles. The summed E-state index contributed by atoms with van der Waals surface area (Å²) in [7, 11) is 0. The molecule has 0 N–H and O–H groups in total. The highest BCUT2D eigenvalue weighted by Gasteiger charge is 2.28. The second-order valence-electron chi connectivity index (χ2n) is 3.55. The van der Waals surface area contributed by atoms with Crippen molar-refractivity contribution in [1.29, 1.82) is 0 Å². The van der Waals surface area contributed by atoms with E-state index in [-0.39, 0.29) is 22.8 Å². The Bertz CT molecular complexity index is 319. The standard InChI is InChI=1S/C11H13F3OS/c1-8(2)15-7-9-3-5-10(6-4-9)16-11(12,13)14/h3-6,8H,7H2,1-2H3. The Morgan fingerprint density at radius 3 is 2.19 bits per heavy atom. The number of hydrogen-bond acceptors (Lipinski definition) is 2. The highest BCUT2D eigenvalue weighted by atomic mass is 32.2. The van der Waals surface area contributed by atoms with Crippen molar-refractivity contribution in [1.82, 2.24) is 0 Å². The lowest BCUT2D eigenvalue weighted by molar-refractivity contribution is -0.0328. The smallest absolute Gasteiger partial charge is 0.374 e. The van der Waals surface area contributed by atoms with E-state index in [1.807, 2.05) is 13.8 Å². The molecule has 0 bridgehead atoms. The van der Waals surface area contributed by atoms with E-state index in [0.29, 0.717) is 6.61 Å². The molecule has 0 spiro atoms. The van der Waals surface area contributed by atoms with Gasteiger partial charge in [-0.2, -0.15) is 13.2 Å². The van der Waals surface area contributed by atoms with Gasteiger partial charge in [0.15, 0.2) is 0 Å². The molecule has 0 heterocycles. The molecule has 0 aliphatic carbocycles. The van der Waals surface area contributed by atoms with Gasteiger partial charge >= 0.3 is 5.51 Å². The molecule has 0 saturated carbocycles. The quantitative estimate of drug-likeness (QED) is 0.740. The first-order valence-electron chi connectivity index (χ1n) is 4.83. The summed E-state index contributed by atoms with van der Waals surface area (Å²) >= 11 is -0.107. The molecule has 16 heavy (non-hydrogen) atoms. The zero-order valence-corrected chi connectivity index (χ0v) is 9.86. The van der Waals surface area contributed by atoms with Crippen LogP contribution in [0.5, 0.6) is 0 Å². The van der Waals surface area contributed by atoms with Crippen LogP contribution in [0.3, 0.4) is 0 Å². The second-order valence-corrected chi connectivity index (χ2v) is 4.69.